The quantitative estimate of drug-likeness (QED) is 0.291. The summed E-state index contributed by atoms with van der Waals surface area (Å²) in [6, 6.07) is 2.88. The van der Waals surface area contributed by atoms with Crippen LogP contribution in [-0.4, -0.2) is 48.5 Å². The van der Waals surface area contributed by atoms with Gasteiger partial charge in [-0.05, 0) is 38.0 Å². The third-order valence-corrected chi connectivity index (χ3v) is 4.58. The summed E-state index contributed by atoms with van der Waals surface area (Å²) in [5.41, 5.74) is -0.645. The van der Waals surface area contributed by atoms with Gasteiger partial charge in [0.1, 0.15) is 17.2 Å². The molecule has 0 bridgehead atoms. The van der Waals surface area contributed by atoms with Crippen molar-refractivity contribution in [2.45, 2.75) is 38.8 Å². The molecule has 2 rings (SSSR count). The third-order valence-electron chi connectivity index (χ3n) is 4.58. The van der Waals surface area contributed by atoms with Crippen LogP contribution in [0.1, 0.15) is 32.3 Å². The second kappa shape index (κ2) is 8.79. The Morgan fingerprint density at radius 3 is 2.67 bits per heavy atom. The maximum atomic E-state index is 13.6. The van der Waals surface area contributed by atoms with Gasteiger partial charge in [-0.1, -0.05) is 6.92 Å². The second-order valence-corrected chi connectivity index (χ2v) is 6.51. The van der Waals surface area contributed by atoms with Gasteiger partial charge >= 0.3 is 6.03 Å². The molecule has 0 spiro atoms. The summed E-state index contributed by atoms with van der Waals surface area (Å²) in [5, 5.41) is 8.61. The Balaban J connectivity index is 1.78. The molecule has 1 saturated heterocycles. The summed E-state index contributed by atoms with van der Waals surface area (Å²) in [5.74, 6) is -0.825. The molecule has 9 heteroatoms. The van der Waals surface area contributed by atoms with Crippen LogP contribution >= 0.6 is 0 Å². The van der Waals surface area contributed by atoms with Gasteiger partial charge in [0.15, 0.2) is 5.96 Å². The minimum atomic E-state index is -0.836. The number of hydrogen-bond acceptors (Lipinski definition) is 3. The minimum absolute atomic E-state index is 0.0745. The number of hydrogen-bond donors (Lipinski definition) is 3. The van der Waals surface area contributed by atoms with Crippen LogP contribution in [0.4, 0.5) is 13.6 Å². The van der Waals surface area contributed by atoms with Gasteiger partial charge in [-0.25, -0.2) is 13.6 Å². The zero-order chi connectivity index (χ0) is 20.0. The molecule has 0 aliphatic carbocycles. The van der Waals surface area contributed by atoms with Crippen LogP contribution in [0.25, 0.3) is 0 Å². The van der Waals surface area contributed by atoms with Crippen molar-refractivity contribution in [1.29, 1.82) is 0 Å². The Morgan fingerprint density at radius 2 is 2.04 bits per heavy atom. The van der Waals surface area contributed by atoms with Crippen LogP contribution in [0.3, 0.4) is 0 Å². The Bertz CT molecular complexity index is 740. The molecule has 1 aromatic carbocycles. The number of halogens is 2. The van der Waals surface area contributed by atoms with Crippen molar-refractivity contribution in [2.24, 2.45) is 4.99 Å². The average Bonchev–Trinajstić information content (AvgIpc) is 2.86. The van der Waals surface area contributed by atoms with Crippen LogP contribution in [0.2, 0.25) is 0 Å². The first-order valence-electron chi connectivity index (χ1n) is 8.83. The number of imide groups is 1. The molecule has 1 fully saturated rings. The smallest absolute Gasteiger partial charge is 0.325 e. The molecule has 0 radical (unpaired) electrons. The minimum Gasteiger partial charge on any atom is -0.356 e. The lowest BCUT2D eigenvalue weighted by Crippen LogP contribution is -2.43. The number of nitrogens with one attached hydrogen (secondary N) is 3. The van der Waals surface area contributed by atoms with Gasteiger partial charge in [0.2, 0.25) is 0 Å². The van der Waals surface area contributed by atoms with Crippen LogP contribution in [-0.2, 0) is 11.3 Å². The van der Waals surface area contributed by atoms with Gasteiger partial charge in [-0.15, -0.1) is 0 Å². The summed E-state index contributed by atoms with van der Waals surface area (Å²) in [6.45, 7) is 4.36. The summed E-state index contributed by atoms with van der Waals surface area (Å²) in [4.78, 5) is 29.4. The van der Waals surface area contributed by atoms with Crippen LogP contribution in [0, 0.1) is 11.6 Å². The predicted octanol–water partition coefficient (Wildman–Crippen LogP) is 1.74. The van der Waals surface area contributed by atoms with E-state index in [4.69, 9.17) is 0 Å². The predicted molar refractivity (Wildman–Crippen MR) is 98.1 cm³/mol. The maximum absolute atomic E-state index is 13.6. The first-order valence-corrected chi connectivity index (χ1v) is 8.83. The first-order chi connectivity index (χ1) is 12.8. The SMILES string of the molecule is CCC1(C)NC(=O)N(CCCNC(=NC)NCc2cc(F)ccc2F)C1=O. The zero-order valence-electron chi connectivity index (χ0n) is 15.7. The lowest BCUT2D eigenvalue weighted by molar-refractivity contribution is -0.130. The number of aliphatic imine (C=N–C) groups is 1. The monoisotopic (exact) mass is 381 g/mol. The molecule has 7 nitrogen and oxygen atoms in total. The van der Waals surface area contributed by atoms with E-state index in [-0.39, 0.29) is 30.6 Å². The summed E-state index contributed by atoms with van der Waals surface area (Å²) in [6.07, 6.45) is 1.05. The van der Waals surface area contributed by atoms with Gasteiger partial charge < -0.3 is 16.0 Å². The van der Waals surface area contributed by atoms with Crippen molar-refractivity contribution in [1.82, 2.24) is 20.9 Å². The third kappa shape index (κ3) is 4.93. The molecule has 1 heterocycles. The second-order valence-electron chi connectivity index (χ2n) is 6.51. The van der Waals surface area contributed by atoms with Crippen molar-refractivity contribution in [3.63, 3.8) is 0 Å². The molecule has 1 aromatic rings. The number of guanidine groups is 1. The van der Waals surface area contributed by atoms with Gasteiger partial charge in [-0.2, -0.15) is 0 Å². The molecule has 1 unspecified atom stereocenters. The molecule has 1 aliphatic rings. The molecule has 27 heavy (non-hydrogen) atoms. The molecule has 1 atom stereocenters. The number of benzene rings is 1. The van der Waals surface area contributed by atoms with E-state index in [1.165, 1.54) is 4.90 Å². The molecule has 3 N–H and O–H groups in total. The molecule has 3 amide bonds. The van der Waals surface area contributed by atoms with Gasteiger partial charge in [0.05, 0.1) is 0 Å². The Labute approximate surface area is 157 Å². The van der Waals surface area contributed by atoms with E-state index in [1.54, 1.807) is 14.0 Å². The van der Waals surface area contributed by atoms with E-state index in [9.17, 15) is 18.4 Å². The number of rotatable bonds is 7. The topological polar surface area (TPSA) is 85.8 Å². The largest absolute Gasteiger partial charge is 0.356 e. The molecule has 0 saturated carbocycles. The van der Waals surface area contributed by atoms with E-state index in [0.29, 0.717) is 25.3 Å². The number of carbonyl (C=O) groups is 2. The summed E-state index contributed by atoms with van der Waals surface area (Å²) < 4.78 is 26.8. The van der Waals surface area contributed by atoms with Crippen molar-refractivity contribution < 1.29 is 18.4 Å². The van der Waals surface area contributed by atoms with E-state index in [2.05, 4.69) is 20.9 Å². The Morgan fingerprint density at radius 1 is 1.30 bits per heavy atom. The summed E-state index contributed by atoms with van der Waals surface area (Å²) >= 11 is 0. The van der Waals surface area contributed by atoms with Crippen LogP contribution < -0.4 is 16.0 Å². The highest BCUT2D eigenvalue weighted by atomic mass is 19.1. The van der Waals surface area contributed by atoms with Crippen molar-refractivity contribution in [3.05, 3.63) is 35.4 Å². The number of carbonyl (C=O) groups excluding carboxylic acids is 2. The fourth-order valence-corrected chi connectivity index (χ4v) is 2.71. The van der Waals surface area contributed by atoms with Crippen molar-refractivity contribution in [3.8, 4) is 0 Å². The van der Waals surface area contributed by atoms with Crippen LogP contribution in [0.5, 0.6) is 0 Å². The highest BCUT2D eigenvalue weighted by Crippen LogP contribution is 2.20. The zero-order valence-corrected chi connectivity index (χ0v) is 15.7. The molecule has 0 aromatic heterocycles. The molecular formula is C18H25F2N5O2. The molecular weight excluding hydrogens is 356 g/mol. The maximum Gasteiger partial charge on any atom is 0.325 e. The Kier molecular flexibility index (Phi) is 6.70. The normalized spacial score (nSPS) is 20.0. The summed E-state index contributed by atoms with van der Waals surface area (Å²) in [7, 11) is 1.56. The van der Waals surface area contributed by atoms with Crippen molar-refractivity contribution in [2.75, 3.05) is 20.1 Å². The molecule has 148 valence electrons. The number of nitrogens with zero attached hydrogens (tertiary/aromatic N) is 2. The van der Waals surface area contributed by atoms with Crippen molar-refractivity contribution >= 4 is 17.9 Å². The van der Waals surface area contributed by atoms with E-state index in [0.717, 1.165) is 18.2 Å². The van der Waals surface area contributed by atoms with Crippen LogP contribution in [0.15, 0.2) is 23.2 Å². The van der Waals surface area contributed by atoms with Gasteiger partial charge in [0.25, 0.3) is 5.91 Å². The van der Waals surface area contributed by atoms with E-state index >= 15 is 0 Å². The first kappa shape index (κ1) is 20.6. The standard InChI is InChI=1S/C18H25F2N5O2/c1-4-18(2)15(26)25(17(27)24-18)9-5-8-22-16(21-3)23-11-12-10-13(19)6-7-14(12)20/h6-7,10H,4-5,8-9,11H2,1-3H3,(H,24,27)(H2,21,22,23). The van der Waals surface area contributed by atoms with E-state index < -0.39 is 17.2 Å². The highest BCUT2D eigenvalue weighted by molar-refractivity contribution is 6.06. The fourth-order valence-electron chi connectivity index (χ4n) is 2.71. The number of amides is 3. The van der Waals surface area contributed by atoms with Gasteiger partial charge in [-0.3, -0.25) is 14.7 Å². The lowest BCUT2D eigenvalue weighted by Gasteiger charge is -2.19. The highest BCUT2D eigenvalue weighted by Gasteiger charge is 2.45. The molecule has 1 aliphatic heterocycles. The number of urea groups is 1. The Hall–Kier alpha value is -2.71. The average molecular weight is 381 g/mol. The van der Waals surface area contributed by atoms with Gasteiger partial charge in [0, 0.05) is 32.2 Å². The lowest BCUT2D eigenvalue weighted by atomic mass is 9.99. The fraction of sp³-hybridized carbons (Fsp3) is 0.500. The van der Waals surface area contributed by atoms with E-state index in [1.807, 2.05) is 6.92 Å².